The molecule has 1 amide bonds. The summed E-state index contributed by atoms with van der Waals surface area (Å²) in [5.74, 6) is 0.741. The minimum Gasteiger partial charge on any atom is -0.448 e. The molecule has 6 rings (SSSR count). The molecule has 32 heavy (non-hydrogen) atoms. The summed E-state index contributed by atoms with van der Waals surface area (Å²) >= 11 is 1.64. The molecule has 0 bridgehead atoms. The van der Waals surface area contributed by atoms with Crippen molar-refractivity contribution in [3.8, 4) is 11.5 Å². The summed E-state index contributed by atoms with van der Waals surface area (Å²) in [5, 5.41) is 3.67. The number of aryl methyl sites for hydroxylation is 3. The zero-order valence-corrected chi connectivity index (χ0v) is 18.6. The normalized spacial score (nSPS) is 18.2. The van der Waals surface area contributed by atoms with Crippen LogP contribution in [0.15, 0.2) is 29.3 Å². The third-order valence-corrected chi connectivity index (χ3v) is 7.91. The van der Waals surface area contributed by atoms with Gasteiger partial charge in [-0.25, -0.2) is 4.98 Å². The van der Waals surface area contributed by atoms with Gasteiger partial charge in [0.1, 0.15) is 4.83 Å². The van der Waals surface area contributed by atoms with E-state index in [1.165, 1.54) is 16.9 Å². The van der Waals surface area contributed by atoms with Crippen molar-refractivity contribution < 1.29 is 14.3 Å². The first-order chi connectivity index (χ1) is 15.6. The van der Waals surface area contributed by atoms with Crippen molar-refractivity contribution in [3.63, 3.8) is 0 Å². The molecule has 1 fully saturated rings. The van der Waals surface area contributed by atoms with E-state index in [4.69, 9.17) is 9.47 Å². The summed E-state index contributed by atoms with van der Waals surface area (Å²) in [7, 11) is 0. The quantitative estimate of drug-likeness (QED) is 0.636. The molecular weight excluding hydrogens is 426 g/mol. The topological polar surface area (TPSA) is 82.5 Å². The Morgan fingerprint density at radius 3 is 2.81 bits per heavy atom. The van der Waals surface area contributed by atoms with Crippen molar-refractivity contribution in [2.75, 3.05) is 5.32 Å². The van der Waals surface area contributed by atoms with Crippen molar-refractivity contribution in [3.05, 3.63) is 45.3 Å². The molecule has 3 aromatic rings. The minimum absolute atomic E-state index is 0.0351. The predicted octanol–water partition coefficient (Wildman–Crippen LogP) is 4.41. The van der Waals surface area contributed by atoms with E-state index >= 15 is 0 Å². The number of carbonyl (C=O) groups excluding carboxylic acids is 1. The van der Waals surface area contributed by atoms with Crippen LogP contribution in [-0.2, 0) is 24.2 Å². The number of aromatic nitrogens is 2. The summed E-state index contributed by atoms with van der Waals surface area (Å²) in [6.45, 7) is 0.298. The Bertz CT molecular complexity index is 1270. The van der Waals surface area contributed by atoms with Crippen LogP contribution in [0.5, 0.6) is 11.5 Å². The maximum Gasteiger partial charge on any atom is 0.262 e. The first kappa shape index (κ1) is 19.8. The third-order valence-electron chi connectivity index (χ3n) is 6.71. The summed E-state index contributed by atoms with van der Waals surface area (Å²) in [4.78, 5) is 32.3. The van der Waals surface area contributed by atoms with Gasteiger partial charge in [0.05, 0.1) is 11.7 Å². The fourth-order valence-electron chi connectivity index (χ4n) is 5.08. The maximum absolute atomic E-state index is 13.1. The van der Waals surface area contributed by atoms with Gasteiger partial charge in [-0.2, -0.15) is 0 Å². The first-order valence-electron chi connectivity index (χ1n) is 11.4. The van der Waals surface area contributed by atoms with E-state index in [1.807, 2.05) is 18.2 Å². The number of amides is 1. The van der Waals surface area contributed by atoms with Crippen LogP contribution in [0.2, 0.25) is 0 Å². The number of anilines is 1. The molecule has 1 N–H and O–H groups in total. The Morgan fingerprint density at radius 2 is 1.94 bits per heavy atom. The van der Waals surface area contributed by atoms with E-state index in [2.05, 4.69) is 10.3 Å². The average Bonchev–Trinajstić information content (AvgIpc) is 3.49. The number of thiophene rings is 1. The smallest absolute Gasteiger partial charge is 0.262 e. The number of nitrogens with zero attached hydrogens (tertiary/aromatic N) is 2. The maximum atomic E-state index is 13.1. The molecule has 3 heterocycles. The van der Waals surface area contributed by atoms with Gasteiger partial charge in [0.25, 0.3) is 11.3 Å². The summed E-state index contributed by atoms with van der Waals surface area (Å²) in [6.07, 6.45) is 10.0. The Kier molecular flexibility index (Phi) is 4.71. The van der Waals surface area contributed by atoms with E-state index in [0.29, 0.717) is 18.0 Å². The second-order valence-electron chi connectivity index (χ2n) is 8.92. The molecule has 166 valence electrons. The van der Waals surface area contributed by atoms with Gasteiger partial charge in [-0.3, -0.25) is 14.2 Å². The van der Waals surface area contributed by atoms with E-state index in [-0.39, 0.29) is 17.9 Å². The lowest BCUT2D eigenvalue weighted by Gasteiger charge is -2.21. The van der Waals surface area contributed by atoms with Crippen LogP contribution in [-0.4, -0.2) is 21.2 Å². The molecule has 7 nitrogen and oxygen atoms in total. The van der Waals surface area contributed by atoms with Crippen LogP contribution in [0.25, 0.3) is 10.2 Å². The van der Waals surface area contributed by atoms with Gasteiger partial charge in [0, 0.05) is 42.4 Å². The minimum atomic E-state index is -0.515. The summed E-state index contributed by atoms with van der Waals surface area (Å²) in [6, 6.07) is 5.49. The van der Waals surface area contributed by atoms with Crippen LogP contribution >= 0.6 is 11.3 Å². The van der Waals surface area contributed by atoms with E-state index in [1.54, 1.807) is 22.2 Å². The number of benzene rings is 1. The summed E-state index contributed by atoms with van der Waals surface area (Å²) in [5.41, 5.74) is 1.81. The molecule has 1 aromatic carbocycles. The highest BCUT2D eigenvalue weighted by atomic mass is 32.1. The predicted molar refractivity (Wildman–Crippen MR) is 123 cm³/mol. The third kappa shape index (κ3) is 3.37. The number of ether oxygens (including phenoxy) is 2. The highest BCUT2D eigenvalue weighted by Crippen LogP contribution is 2.47. The van der Waals surface area contributed by atoms with E-state index in [9.17, 15) is 9.59 Å². The van der Waals surface area contributed by atoms with E-state index < -0.39 is 5.79 Å². The van der Waals surface area contributed by atoms with Gasteiger partial charge in [-0.15, -0.1) is 11.3 Å². The Labute approximate surface area is 189 Å². The van der Waals surface area contributed by atoms with Crippen LogP contribution < -0.4 is 20.3 Å². The number of carbonyl (C=O) groups is 1. The highest BCUT2D eigenvalue weighted by Gasteiger charge is 2.44. The number of rotatable bonds is 4. The lowest BCUT2D eigenvalue weighted by atomic mass is 9.97. The second-order valence-corrected chi connectivity index (χ2v) is 10.00. The van der Waals surface area contributed by atoms with Crippen molar-refractivity contribution in [1.82, 2.24) is 9.55 Å². The van der Waals surface area contributed by atoms with Crippen LogP contribution in [0.4, 0.5) is 5.69 Å². The number of hydrogen-bond donors (Lipinski definition) is 1. The van der Waals surface area contributed by atoms with Crippen LogP contribution in [0, 0.1) is 0 Å². The largest absolute Gasteiger partial charge is 0.448 e. The SMILES string of the molecule is O=C(CCn1cnc2sc3c(c2c1=O)CCCC3)Nc1ccc2c(c1)OC1(CCCC1)O2. The number of fused-ring (bicyclic) bond motifs is 4. The molecule has 0 unspecified atom stereocenters. The molecular formula is C24H25N3O4S. The Morgan fingerprint density at radius 1 is 1.12 bits per heavy atom. The van der Waals surface area contributed by atoms with Crippen molar-refractivity contribution in [2.24, 2.45) is 0 Å². The van der Waals surface area contributed by atoms with Gasteiger partial charge in [0.15, 0.2) is 11.5 Å². The molecule has 1 saturated carbocycles. The van der Waals surface area contributed by atoms with Crippen LogP contribution in [0.3, 0.4) is 0 Å². The second kappa shape index (κ2) is 7.62. The molecule has 1 spiro atoms. The van der Waals surface area contributed by atoms with Gasteiger partial charge < -0.3 is 14.8 Å². The lowest BCUT2D eigenvalue weighted by molar-refractivity contribution is -0.116. The van der Waals surface area contributed by atoms with Crippen molar-refractivity contribution in [1.29, 1.82) is 0 Å². The lowest BCUT2D eigenvalue weighted by Crippen LogP contribution is -2.34. The molecule has 0 radical (unpaired) electrons. The van der Waals surface area contributed by atoms with Gasteiger partial charge in [-0.1, -0.05) is 0 Å². The molecule has 1 aliphatic heterocycles. The summed E-state index contributed by atoms with van der Waals surface area (Å²) < 4.78 is 13.7. The average molecular weight is 452 g/mol. The molecule has 0 atom stereocenters. The standard InChI is InChI=1S/C24H25N3O4S/c28-20(26-15-7-8-17-18(13-15)31-24(30-17)10-3-4-11-24)9-12-27-14-25-22-21(23(27)29)16-5-1-2-6-19(16)32-22/h7-8,13-14H,1-6,9-12H2,(H,26,28). The fourth-order valence-corrected chi connectivity index (χ4v) is 6.29. The monoisotopic (exact) mass is 451 g/mol. The highest BCUT2D eigenvalue weighted by molar-refractivity contribution is 7.18. The molecule has 2 aromatic heterocycles. The fraction of sp³-hybridized carbons (Fsp3) is 0.458. The van der Waals surface area contributed by atoms with Gasteiger partial charge >= 0.3 is 0 Å². The van der Waals surface area contributed by atoms with Crippen molar-refractivity contribution in [2.45, 2.75) is 70.1 Å². The Balaban J connectivity index is 1.14. The molecule has 0 saturated heterocycles. The molecule has 8 heteroatoms. The first-order valence-corrected chi connectivity index (χ1v) is 12.2. The van der Waals surface area contributed by atoms with Gasteiger partial charge in [-0.05, 0) is 56.2 Å². The molecule has 2 aliphatic carbocycles. The van der Waals surface area contributed by atoms with Crippen LogP contribution in [0.1, 0.15) is 55.4 Å². The van der Waals surface area contributed by atoms with Crippen molar-refractivity contribution >= 4 is 33.1 Å². The number of hydrogen-bond acceptors (Lipinski definition) is 6. The zero-order chi connectivity index (χ0) is 21.7. The number of nitrogens with one attached hydrogen (secondary N) is 1. The van der Waals surface area contributed by atoms with E-state index in [0.717, 1.165) is 60.9 Å². The van der Waals surface area contributed by atoms with Gasteiger partial charge in [0.2, 0.25) is 5.91 Å². The molecule has 3 aliphatic rings. The zero-order valence-electron chi connectivity index (χ0n) is 17.8. The Hall–Kier alpha value is -2.87.